The van der Waals surface area contributed by atoms with Gasteiger partial charge in [-0.3, -0.25) is 0 Å². The van der Waals surface area contributed by atoms with Crippen LogP contribution in [0.25, 0.3) is 5.57 Å². The van der Waals surface area contributed by atoms with Gasteiger partial charge in [0, 0.05) is 12.2 Å². The average molecular weight is 226 g/mol. The van der Waals surface area contributed by atoms with Crippen molar-refractivity contribution in [1.82, 2.24) is 0 Å². The molecule has 1 aliphatic carbocycles. The number of hydrogen-bond acceptors (Lipinski definition) is 1. The standard InChI is InChI=1S/C16H20N/c1-3-11-17-16-9-7-14(8-10-16)15-6-4-5-13(2)12-15/h5-10,12,17H,3-4,11H2,1-2H3. The van der Waals surface area contributed by atoms with Crippen molar-refractivity contribution in [2.45, 2.75) is 26.7 Å². The van der Waals surface area contributed by atoms with Crippen LogP contribution in [-0.2, 0) is 0 Å². The molecule has 0 aromatic heterocycles. The van der Waals surface area contributed by atoms with E-state index in [4.69, 9.17) is 0 Å². The Hall–Kier alpha value is -1.50. The number of nitrogens with one attached hydrogen (secondary N) is 1. The summed E-state index contributed by atoms with van der Waals surface area (Å²) in [5.74, 6) is 0. The van der Waals surface area contributed by atoms with E-state index in [1.165, 1.54) is 22.4 Å². The van der Waals surface area contributed by atoms with Gasteiger partial charge in [0.15, 0.2) is 0 Å². The predicted molar refractivity (Wildman–Crippen MR) is 75.9 cm³/mol. The van der Waals surface area contributed by atoms with E-state index >= 15 is 0 Å². The van der Waals surface area contributed by atoms with Crippen molar-refractivity contribution in [3.63, 3.8) is 0 Å². The summed E-state index contributed by atoms with van der Waals surface area (Å²) in [4.78, 5) is 0. The molecule has 1 aliphatic rings. The molecule has 1 aromatic carbocycles. The molecule has 0 fully saturated rings. The minimum Gasteiger partial charge on any atom is -0.385 e. The highest BCUT2D eigenvalue weighted by molar-refractivity contribution is 5.76. The zero-order valence-corrected chi connectivity index (χ0v) is 10.7. The Morgan fingerprint density at radius 3 is 2.59 bits per heavy atom. The maximum absolute atomic E-state index is 3.39. The molecule has 0 saturated carbocycles. The first kappa shape index (κ1) is 12.0. The van der Waals surface area contributed by atoms with Crippen molar-refractivity contribution in [3.8, 4) is 0 Å². The monoisotopic (exact) mass is 226 g/mol. The van der Waals surface area contributed by atoms with Crippen molar-refractivity contribution in [2.24, 2.45) is 0 Å². The summed E-state index contributed by atoms with van der Waals surface area (Å²) >= 11 is 0. The molecule has 1 nitrogen and oxygen atoms in total. The van der Waals surface area contributed by atoms with Crippen molar-refractivity contribution >= 4 is 11.3 Å². The molecule has 1 aromatic rings. The summed E-state index contributed by atoms with van der Waals surface area (Å²) < 4.78 is 0. The van der Waals surface area contributed by atoms with Gasteiger partial charge in [-0.05, 0) is 49.5 Å². The average Bonchev–Trinajstić information content (AvgIpc) is 2.37. The fraction of sp³-hybridized carbons (Fsp3) is 0.312. The second-order valence-electron chi connectivity index (χ2n) is 4.49. The van der Waals surface area contributed by atoms with Gasteiger partial charge in [-0.1, -0.05) is 36.8 Å². The Kier molecular flexibility index (Phi) is 4.03. The first-order valence-electron chi connectivity index (χ1n) is 6.35. The number of rotatable bonds is 4. The van der Waals surface area contributed by atoms with Gasteiger partial charge >= 0.3 is 0 Å². The lowest BCUT2D eigenvalue weighted by molar-refractivity contribution is 0.980. The van der Waals surface area contributed by atoms with Gasteiger partial charge in [-0.15, -0.1) is 0 Å². The molecule has 2 rings (SSSR count). The number of anilines is 1. The predicted octanol–water partition coefficient (Wildman–Crippen LogP) is 4.45. The van der Waals surface area contributed by atoms with Crippen LogP contribution in [0.3, 0.4) is 0 Å². The van der Waals surface area contributed by atoms with E-state index in [0.717, 1.165) is 19.4 Å². The molecule has 0 spiro atoms. The lowest BCUT2D eigenvalue weighted by Crippen LogP contribution is -1.99. The highest BCUT2D eigenvalue weighted by atomic mass is 14.9. The van der Waals surface area contributed by atoms with E-state index in [9.17, 15) is 0 Å². The highest BCUT2D eigenvalue weighted by Crippen LogP contribution is 2.26. The third-order valence-electron chi connectivity index (χ3n) is 2.96. The van der Waals surface area contributed by atoms with Gasteiger partial charge in [0.2, 0.25) is 0 Å². The molecule has 17 heavy (non-hydrogen) atoms. The van der Waals surface area contributed by atoms with Crippen LogP contribution in [0, 0.1) is 6.42 Å². The first-order valence-corrected chi connectivity index (χ1v) is 6.35. The lowest BCUT2D eigenvalue weighted by atomic mass is 9.94. The van der Waals surface area contributed by atoms with Crippen molar-refractivity contribution in [1.29, 1.82) is 0 Å². The molecule has 0 bridgehead atoms. The van der Waals surface area contributed by atoms with Crippen molar-refractivity contribution < 1.29 is 0 Å². The topological polar surface area (TPSA) is 12.0 Å². The Balaban J connectivity index is 2.10. The Labute approximate surface area is 104 Å². The summed E-state index contributed by atoms with van der Waals surface area (Å²) in [6, 6.07) is 8.71. The molecule has 89 valence electrons. The largest absolute Gasteiger partial charge is 0.385 e. The van der Waals surface area contributed by atoms with Crippen LogP contribution in [0.15, 0.2) is 42.0 Å². The molecule has 1 heteroatoms. The van der Waals surface area contributed by atoms with Crippen LogP contribution in [-0.4, -0.2) is 6.54 Å². The first-order chi connectivity index (χ1) is 8.29. The molecule has 0 atom stereocenters. The van der Waals surface area contributed by atoms with Gasteiger partial charge in [-0.2, -0.15) is 0 Å². The molecule has 1 N–H and O–H groups in total. The summed E-state index contributed by atoms with van der Waals surface area (Å²) in [5.41, 5.74) is 5.21. The van der Waals surface area contributed by atoms with Crippen LogP contribution >= 0.6 is 0 Å². The third kappa shape index (κ3) is 3.23. The van der Waals surface area contributed by atoms with Gasteiger partial charge in [0.1, 0.15) is 0 Å². The minimum atomic E-state index is 1.04. The van der Waals surface area contributed by atoms with E-state index < -0.39 is 0 Å². The van der Waals surface area contributed by atoms with Gasteiger partial charge in [-0.25, -0.2) is 0 Å². The molecule has 0 aliphatic heterocycles. The minimum absolute atomic E-state index is 1.04. The molecule has 1 radical (unpaired) electrons. The highest BCUT2D eigenvalue weighted by Gasteiger charge is 2.05. The van der Waals surface area contributed by atoms with Crippen LogP contribution < -0.4 is 5.32 Å². The number of allylic oxidation sites excluding steroid dienone is 4. The summed E-state index contributed by atoms with van der Waals surface area (Å²) in [6.07, 6.45) is 8.98. The normalized spacial score (nSPS) is 15.2. The van der Waals surface area contributed by atoms with Crippen LogP contribution in [0.4, 0.5) is 5.69 Å². The molecular weight excluding hydrogens is 206 g/mol. The van der Waals surface area contributed by atoms with Gasteiger partial charge in [0.05, 0.1) is 0 Å². The summed E-state index contributed by atoms with van der Waals surface area (Å²) in [7, 11) is 0. The number of hydrogen-bond donors (Lipinski definition) is 1. The molecule has 0 unspecified atom stereocenters. The lowest BCUT2D eigenvalue weighted by Gasteiger charge is -2.12. The second kappa shape index (κ2) is 5.72. The molecule has 0 saturated heterocycles. The van der Waals surface area contributed by atoms with E-state index in [1.54, 1.807) is 0 Å². The Bertz CT molecular complexity index is 423. The smallest absolute Gasteiger partial charge is 0.0340 e. The summed E-state index contributed by atoms with van der Waals surface area (Å²) in [6.45, 7) is 5.37. The maximum atomic E-state index is 3.39. The van der Waals surface area contributed by atoms with Crippen LogP contribution in [0.2, 0.25) is 0 Å². The fourth-order valence-electron chi connectivity index (χ4n) is 1.99. The quantitative estimate of drug-likeness (QED) is 0.800. The van der Waals surface area contributed by atoms with E-state index in [1.807, 2.05) is 0 Å². The Morgan fingerprint density at radius 1 is 1.18 bits per heavy atom. The van der Waals surface area contributed by atoms with E-state index in [2.05, 4.69) is 62.0 Å². The third-order valence-corrected chi connectivity index (χ3v) is 2.96. The van der Waals surface area contributed by atoms with E-state index in [0.29, 0.717) is 0 Å². The Morgan fingerprint density at radius 2 is 1.94 bits per heavy atom. The van der Waals surface area contributed by atoms with E-state index in [-0.39, 0.29) is 0 Å². The molecule has 0 heterocycles. The summed E-state index contributed by atoms with van der Waals surface area (Å²) in [5, 5.41) is 3.39. The maximum Gasteiger partial charge on any atom is 0.0340 e. The van der Waals surface area contributed by atoms with Crippen LogP contribution in [0.1, 0.15) is 32.3 Å². The van der Waals surface area contributed by atoms with Gasteiger partial charge < -0.3 is 5.32 Å². The van der Waals surface area contributed by atoms with Crippen LogP contribution in [0.5, 0.6) is 0 Å². The van der Waals surface area contributed by atoms with Gasteiger partial charge in [0.25, 0.3) is 0 Å². The molecule has 0 amide bonds. The van der Waals surface area contributed by atoms with Crippen molar-refractivity contribution in [3.05, 3.63) is 54.0 Å². The second-order valence-corrected chi connectivity index (χ2v) is 4.49. The number of benzene rings is 1. The molecular formula is C16H20N. The fourth-order valence-corrected chi connectivity index (χ4v) is 1.99. The zero-order chi connectivity index (χ0) is 12.1. The van der Waals surface area contributed by atoms with Crippen molar-refractivity contribution in [2.75, 3.05) is 11.9 Å². The zero-order valence-electron chi connectivity index (χ0n) is 10.7. The SMILES string of the molecule is CCCNc1ccc(C2=CC(C)=CC[CH]2)cc1.